The minimum absolute atomic E-state index is 0.0198. The molecule has 21 heavy (non-hydrogen) atoms. The molecule has 0 heterocycles. The first-order valence-corrected chi connectivity index (χ1v) is 6.69. The number of nitrogens with one attached hydrogen (secondary N) is 1. The first-order chi connectivity index (χ1) is 10.0. The van der Waals surface area contributed by atoms with E-state index in [4.69, 9.17) is 18.9 Å². The summed E-state index contributed by atoms with van der Waals surface area (Å²) in [5.41, 5.74) is 0.799. The van der Waals surface area contributed by atoms with Gasteiger partial charge in [-0.25, -0.2) is 0 Å². The van der Waals surface area contributed by atoms with Crippen LogP contribution in [-0.4, -0.2) is 39.9 Å². The molecule has 0 bridgehead atoms. The molecule has 0 aromatic heterocycles. The lowest BCUT2D eigenvalue weighted by Crippen LogP contribution is -2.28. The number of ether oxygens (including phenoxy) is 4. The third-order valence-corrected chi connectivity index (χ3v) is 2.81. The fourth-order valence-corrected chi connectivity index (χ4v) is 1.72. The second-order valence-corrected chi connectivity index (χ2v) is 4.66. The Balaban J connectivity index is 2.75. The number of amides is 1. The number of rotatable bonds is 8. The van der Waals surface area contributed by atoms with Gasteiger partial charge in [0.2, 0.25) is 5.91 Å². The van der Waals surface area contributed by atoms with Crippen LogP contribution in [0.3, 0.4) is 0 Å². The third-order valence-electron chi connectivity index (χ3n) is 2.81. The summed E-state index contributed by atoms with van der Waals surface area (Å²) in [6, 6.07) is 3.51. The number of hydrogen-bond donors (Lipinski definition) is 1. The van der Waals surface area contributed by atoms with Crippen molar-refractivity contribution in [2.45, 2.75) is 26.5 Å². The molecule has 1 rings (SSSR count). The van der Waals surface area contributed by atoms with E-state index >= 15 is 0 Å². The van der Waals surface area contributed by atoms with Crippen molar-refractivity contribution in [3.05, 3.63) is 17.7 Å². The van der Waals surface area contributed by atoms with Crippen LogP contribution >= 0.6 is 0 Å². The Kier molecular flexibility index (Phi) is 6.81. The van der Waals surface area contributed by atoms with Gasteiger partial charge in [-0.05, 0) is 19.9 Å². The summed E-state index contributed by atoms with van der Waals surface area (Å²) < 4.78 is 21.0. The number of carbonyl (C=O) groups is 1. The van der Waals surface area contributed by atoms with Crippen LogP contribution in [0.15, 0.2) is 12.1 Å². The average Bonchev–Trinajstić information content (AvgIpc) is 2.49. The summed E-state index contributed by atoms with van der Waals surface area (Å²) >= 11 is 0. The minimum Gasteiger partial charge on any atom is -0.496 e. The molecule has 1 amide bonds. The van der Waals surface area contributed by atoms with Crippen molar-refractivity contribution in [3.8, 4) is 17.2 Å². The highest BCUT2D eigenvalue weighted by Crippen LogP contribution is 2.34. The third kappa shape index (κ3) is 5.15. The van der Waals surface area contributed by atoms with Crippen molar-refractivity contribution >= 4 is 5.91 Å². The average molecular weight is 297 g/mol. The molecule has 0 aliphatic carbocycles. The number of carbonyl (C=O) groups excluding carboxylic acids is 1. The van der Waals surface area contributed by atoms with Gasteiger partial charge in [-0.3, -0.25) is 4.79 Å². The van der Waals surface area contributed by atoms with E-state index in [0.717, 1.165) is 5.56 Å². The molecule has 1 aromatic rings. The van der Waals surface area contributed by atoms with E-state index in [1.807, 2.05) is 13.8 Å². The lowest BCUT2D eigenvalue weighted by molar-refractivity contribution is -0.127. The zero-order valence-corrected chi connectivity index (χ0v) is 13.2. The van der Waals surface area contributed by atoms with Crippen LogP contribution in [0, 0.1) is 0 Å². The molecule has 0 saturated heterocycles. The fourth-order valence-electron chi connectivity index (χ4n) is 1.72. The second-order valence-electron chi connectivity index (χ2n) is 4.66. The second kappa shape index (κ2) is 8.36. The van der Waals surface area contributed by atoms with Gasteiger partial charge in [0.1, 0.15) is 12.4 Å². The van der Waals surface area contributed by atoms with Crippen LogP contribution < -0.4 is 19.5 Å². The van der Waals surface area contributed by atoms with Gasteiger partial charge >= 0.3 is 0 Å². The van der Waals surface area contributed by atoms with Crippen molar-refractivity contribution in [3.63, 3.8) is 0 Å². The molecule has 0 fully saturated rings. The maximum Gasteiger partial charge on any atom is 0.246 e. The Morgan fingerprint density at radius 2 is 1.62 bits per heavy atom. The SMILES string of the molecule is COc1cc(OC)c(OC)cc1CNC(=O)COC(C)C. The highest BCUT2D eigenvalue weighted by atomic mass is 16.5. The number of hydrogen-bond acceptors (Lipinski definition) is 5. The van der Waals surface area contributed by atoms with E-state index in [0.29, 0.717) is 23.8 Å². The molecule has 6 nitrogen and oxygen atoms in total. The minimum atomic E-state index is -0.180. The summed E-state index contributed by atoms with van der Waals surface area (Å²) in [4.78, 5) is 11.7. The maximum absolute atomic E-state index is 11.7. The number of methoxy groups -OCH3 is 3. The molecule has 0 aliphatic rings. The molecule has 0 aliphatic heterocycles. The predicted octanol–water partition coefficient (Wildman–Crippen LogP) is 1.75. The zero-order chi connectivity index (χ0) is 15.8. The van der Waals surface area contributed by atoms with Gasteiger partial charge in [0, 0.05) is 18.2 Å². The normalized spacial score (nSPS) is 10.4. The Morgan fingerprint density at radius 1 is 1.05 bits per heavy atom. The molecular formula is C15H23NO5. The molecule has 118 valence electrons. The van der Waals surface area contributed by atoms with Gasteiger partial charge in [-0.15, -0.1) is 0 Å². The molecule has 0 radical (unpaired) electrons. The molecule has 1 N–H and O–H groups in total. The molecule has 0 atom stereocenters. The van der Waals surface area contributed by atoms with Crippen molar-refractivity contribution in [1.29, 1.82) is 0 Å². The van der Waals surface area contributed by atoms with Crippen molar-refractivity contribution in [1.82, 2.24) is 5.32 Å². The van der Waals surface area contributed by atoms with E-state index in [9.17, 15) is 4.79 Å². The quantitative estimate of drug-likeness (QED) is 0.792. The van der Waals surface area contributed by atoms with Gasteiger partial charge in [0.25, 0.3) is 0 Å². The first-order valence-electron chi connectivity index (χ1n) is 6.69. The van der Waals surface area contributed by atoms with Crippen LogP contribution in [0.2, 0.25) is 0 Å². The molecule has 0 saturated carbocycles. The Bertz CT molecular complexity index is 473. The molecule has 6 heteroatoms. The topological polar surface area (TPSA) is 66.0 Å². The Morgan fingerprint density at radius 3 is 2.14 bits per heavy atom. The standard InChI is InChI=1S/C15H23NO5/c1-10(2)21-9-15(17)16-8-11-6-13(19-4)14(20-5)7-12(11)18-3/h6-7,10H,8-9H2,1-5H3,(H,16,17). The van der Waals surface area contributed by atoms with Crippen LogP contribution in [0.5, 0.6) is 17.2 Å². The van der Waals surface area contributed by atoms with Gasteiger partial charge in [0.05, 0.1) is 27.4 Å². The van der Waals surface area contributed by atoms with E-state index in [1.165, 1.54) is 0 Å². The highest BCUT2D eigenvalue weighted by Gasteiger charge is 2.12. The summed E-state index contributed by atoms with van der Waals surface area (Å²) in [6.07, 6.45) is 0.0198. The van der Waals surface area contributed by atoms with Crippen LogP contribution in [0.4, 0.5) is 0 Å². The monoisotopic (exact) mass is 297 g/mol. The molecule has 1 aromatic carbocycles. The molecular weight excluding hydrogens is 274 g/mol. The van der Waals surface area contributed by atoms with E-state index in [2.05, 4.69) is 5.32 Å². The summed E-state index contributed by atoms with van der Waals surface area (Å²) in [5, 5.41) is 2.78. The molecule has 0 spiro atoms. The maximum atomic E-state index is 11.7. The van der Waals surface area contributed by atoms with Crippen molar-refractivity contribution in [2.75, 3.05) is 27.9 Å². The first kappa shape index (κ1) is 17.1. The number of benzene rings is 1. The summed E-state index contributed by atoms with van der Waals surface area (Å²) in [5.74, 6) is 1.60. The van der Waals surface area contributed by atoms with E-state index < -0.39 is 0 Å². The van der Waals surface area contributed by atoms with E-state index in [-0.39, 0.29) is 18.6 Å². The summed E-state index contributed by atoms with van der Waals surface area (Å²) in [7, 11) is 4.68. The van der Waals surface area contributed by atoms with Gasteiger partial charge in [-0.1, -0.05) is 0 Å². The van der Waals surface area contributed by atoms with Crippen LogP contribution in [0.25, 0.3) is 0 Å². The van der Waals surface area contributed by atoms with Gasteiger partial charge < -0.3 is 24.3 Å². The van der Waals surface area contributed by atoms with Crippen LogP contribution in [0.1, 0.15) is 19.4 Å². The predicted molar refractivity (Wildman–Crippen MR) is 79.0 cm³/mol. The lowest BCUT2D eigenvalue weighted by Gasteiger charge is -2.15. The zero-order valence-electron chi connectivity index (χ0n) is 13.2. The Hall–Kier alpha value is -1.95. The fraction of sp³-hybridized carbons (Fsp3) is 0.533. The largest absolute Gasteiger partial charge is 0.496 e. The Labute approximate surface area is 125 Å². The molecule has 0 unspecified atom stereocenters. The van der Waals surface area contributed by atoms with Gasteiger partial charge in [0.15, 0.2) is 11.5 Å². The van der Waals surface area contributed by atoms with Crippen molar-refractivity contribution in [2.24, 2.45) is 0 Å². The van der Waals surface area contributed by atoms with Gasteiger partial charge in [-0.2, -0.15) is 0 Å². The smallest absolute Gasteiger partial charge is 0.246 e. The highest BCUT2D eigenvalue weighted by molar-refractivity contribution is 5.77. The van der Waals surface area contributed by atoms with Crippen molar-refractivity contribution < 1.29 is 23.7 Å². The summed E-state index contributed by atoms with van der Waals surface area (Å²) in [6.45, 7) is 4.12. The van der Waals surface area contributed by atoms with Crippen LogP contribution in [-0.2, 0) is 16.1 Å². The lowest BCUT2D eigenvalue weighted by atomic mass is 10.1. The van der Waals surface area contributed by atoms with E-state index in [1.54, 1.807) is 33.5 Å².